The van der Waals surface area contributed by atoms with Gasteiger partial charge in [0, 0.05) is 12.2 Å². The number of amides is 1. The number of nitrogens with two attached hydrogens (primary N) is 2. The molecule has 0 aliphatic heterocycles. The molecule has 1 rings (SSSR count). The van der Waals surface area contributed by atoms with Crippen LogP contribution in [0.15, 0.2) is 23.1 Å². The summed E-state index contributed by atoms with van der Waals surface area (Å²) in [6, 6.07) is 4.26. The highest BCUT2D eigenvalue weighted by Gasteiger charge is 2.15. The third kappa shape index (κ3) is 5.06. The van der Waals surface area contributed by atoms with Gasteiger partial charge in [0.1, 0.15) is 4.90 Å². The van der Waals surface area contributed by atoms with Gasteiger partial charge in [-0.05, 0) is 24.1 Å². The van der Waals surface area contributed by atoms with Crippen LogP contribution in [0.25, 0.3) is 0 Å². The van der Waals surface area contributed by atoms with Gasteiger partial charge in [0.05, 0.1) is 12.2 Å². The van der Waals surface area contributed by atoms with E-state index in [4.69, 9.17) is 10.9 Å². The van der Waals surface area contributed by atoms with Crippen LogP contribution in [0.1, 0.15) is 13.8 Å². The summed E-state index contributed by atoms with van der Waals surface area (Å²) in [5.74, 6) is 0.117. The number of hydrogen-bond donors (Lipinski definition) is 4. The van der Waals surface area contributed by atoms with Gasteiger partial charge in [-0.2, -0.15) is 0 Å². The predicted octanol–water partition coefficient (Wildman–Crippen LogP) is 0.100. The van der Waals surface area contributed by atoms with Gasteiger partial charge in [-0.3, -0.25) is 4.79 Å². The molecule has 0 unspecified atom stereocenters. The van der Waals surface area contributed by atoms with E-state index in [0.717, 1.165) is 0 Å². The Kier molecular flexibility index (Phi) is 5.34. The molecule has 0 spiro atoms. The Balaban J connectivity index is 2.76. The summed E-state index contributed by atoms with van der Waals surface area (Å²) in [6.07, 6.45) is 0. The van der Waals surface area contributed by atoms with Crippen LogP contribution in [0, 0.1) is 5.92 Å². The number of anilines is 2. The van der Waals surface area contributed by atoms with Gasteiger partial charge in [0.15, 0.2) is 0 Å². The second-order valence-electron chi connectivity index (χ2n) is 4.85. The van der Waals surface area contributed by atoms with Gasteiger partial charge >= 0.3 is 0 Å². The molecule has 7 nitrogen and oxygen atoms in total. The molecule has 0 fully saturated rings. The fourth-order valence-corrected chi connectivity index (χ4v) is 2.22. The molecule has 0 aliphatic rings. The molecule has 1 aromatic rings. The van der Waals surface area contributed by atoms with Crippen LogP contribution in [0.4, 0.5) is 11.4 Å². The van der Waals surface area contributed by atoms with Crippen LogP contribution in [0.5, 0.6) is 0 Å². The maximum absolute atomic E-state index is 11.6. The second-order valence-corrected chi connectivity index (χ2v) is 6.38. The van der Waals surface area contributed by atoms with E-state index in [9.17, 15) is 13.2 Å². The first-order valence-corrected chi connectivity index (χ1v) is 7.67. The van der Waals surface area contributed by atoms with Crippen LogP contribution in [-0.4, -0.2) is 27.4 Å². The minimum Gasteiger partial charge on any atom is -0.399 e. The Morgan fingerprint density at radius 3 is 2.55 bits per heavy atom. The summed E-state index contributed by atoms with van der Waals surface area (Å²) >= 11 is 0. The zero-order valence-corrected chi connectivity index (χ0v) is 12.3. The van der Waals surface area contributed by atoms with Crippen molar-refractivity contribution in [2.75, 3.05) is 24.1 Å². The first kappa shape index (κ1) is 16.3. The van der Waals surface area contributed by atoms with Crippen molar-refractivity contribution in [2.24, 2.45) is 11.1 Å². The minimum absolute atomic E-state index is 0.0425. The first-order valence-electron chi connectivity index (χ1n) is 6.13. The van der Waals surface area contributed by atoms with E-state index in [1.807, 2.05) is 13.8 Å². The standard InChI is InChI=1S/C12H20N4O3S/c1-8(2)6-16-12(17)7-15-10-4-3-9(13)5-11(10)20(14,18)19/h3-5,8,15H,6-7,13H2,1-2H3,(H,16,17)(H2,14,18,19). The maximum atomic E-state index is 11.6. The van der Waals surface area contributed by atoms with Gasteiger partial charge < -0.3 is 16.4 Å². The van der Waals surface area contributed by atoms with E-state index < -0.39 is 10.0 Å². The molecule has 20 heavy (non-hydrogen) atoms. The topological polar surface area (TPSA) is 127 Å². The van der Waals surface area contributed by atoms with Gasteiger partial charge in [-0.15, -0.1) is 0 Å². The van der Waals surface area contributed by atoms with Gasteiger partial charge in [-0.1, -0.05) is 13.8 Å². The Labute approximate surface area is 118 Å². The highest BCUT2D eigenvalue weighted by atomic mass is 32.2. The van der Waals surface area contributed by atoms with E-state index in [2.05, 4.69) is 10.6 Å². The summed E-state index contributed by atoms with van der Waals surface area (Å²) in [7, 11) is -3.90. The molecule has 0 bridgehead atoms. The lowest BCUT2D eigenvalue weighted by atomic mass is 10.2. The molecule has 0 aromatic heterocycles. The number of carbonyl (C=O) groups excluding carboxylic acids is 1. The third-order valence-corrected chi connectivity index (χ3v) is 3.41. The zero-order chi connectivity index (χ0) is 15.3. The molecule has 0 heterocycles. The largest absolute Gasteiger partial charge is 0.399 e. The SMILES string of the molecule is CC(C)CNC(=O)CNc1ccc(N)cc1S(N)(=O)=O. The predicted molar refractivity (Wildman–Crippen MR) is 78.6 cm³/mol. The Morgan fingerprint density at radius 1 is 1.35 bits per heavy atom. The Hall–Kier alpha value is -1.80. The number of nitrogens with one attached hydrogen (secondary N) is 2. The molecule has 0 atom stereocenters. The summed E-state index contributed by atoms with van der Waals surface area (Å²) in [5.41, 5.74) is 6.07. The van der Waals surface area contributed by atoms with Crippen molar-refractivity contribution in [3.8, 4) is 0 Å². The first-order chi connectivity index (χ1) is 9.20. The Bertz CT molecular complexity index is 584. The average Bonchev–Trinajstić information content (AvgIpc) is 2.33. The van der Waals surface area contributed by atoms with Crippen molar-refractivity contribution in [2.45, 2.75) is 18.7 Å². The van der Waals surface area contributed by atoms with Crippen molar-refractivity contribution < 1.29 is 13.2 Å². The quantitative estimate of drug-likeness (QED) is 0.554. The van der Waals surface area contributed by atoms with Crippen LogP contribution in [0.2, 0.25) is 0 Å². The lowest BCUT2D eigenvalue weighted by Crippen LogP contribution is -2.32. The number of carbonyl (C=O) groups is 1. The van der Waals surface area contributed by atoms with Crippen LogP contribution in [-0.2, 0) is 14.8 Å². The summed E-state index contributed by atoms with van der Waals surface area (Å²) in [6.45, 7) is 4.48. The van der Waals surface area contributed by atoms with Crippen LogP contribution in [0.3, 0.4) is 0 Å². The highest BCUT2D eigenvalue weighted by molar-refractivity contribution is 7.89. The van der Waals surface area contributed by atoms with Crippen molar-refractivity contribution in [3.63, 3.8) is 0 Å². The molecule has 0 saturated heterocycles. The van der Waals surface area contributed by atoms with Crippen molar-refractivity contribution in [3.05, 3.63) is 18.2 Å². The lowest BCUT2D eigenvalue weighted by molar-refractivity contribution is -0.119. The average molecular weight is 300 g/mol. The normalized spacial score (nSPS) is 11.4. The van der Waals surface area contributed by atoms with Crippen molar-refractivity contribution in [1.82, 2.24) is 5.32 Å². The molecule has 1 amide bonds. The van der Waals surface area contributed by atoms with E-state index >= 15 is 0 Å². The van der Waals surface area contributed by atoms with Crippen molar-refractivity contribution in [1.29, 1.82) is 0 Å². The highest BCUT2D eigenvalue weighted by Crippen LogP contribution is 2.22. The number of benzene rings is 1. The maximum Gasteiger partial charge on any atom is 0.240 e. The lowest BCUT2D eigenvalue weighted by Gasteiger charge is -2.12. The fourth-order valence-electron chi connectivity index (χ4n) is 1.48. The number of hydrogen-bond acceptors (Lipinski definition) is 5. The monoisotopic (exact) mass is 300 g/mol. The van der Waals surface area contributed by atoms with Crippen LogP contribution >= 0.6 is 0 Å². The molecule has 8 heteroatoms. The Morgan fingerprint density at radius 2 is 2.00 bits per heavy atom. The molecule has 0 aliphatic carbocycles. The van der Waals surface area contributed by atoms with E-state index in [-0.39, 0.29) is 28.7 Å². The fraction of sp³-hybridized carbons (Fsp3) is 0.417. The second kappa shape index (κ2) is 6.58. The van der Waals surface area contributed by atoms with E-state index in [1.165, 1.54) is 18.2 Å². The minimum atomic E-state index is -3.90. The summed E-state index contributed by atoms with van der Waals surface area (Å²) in [5, 5.41) is 10.6. The molecule has 112 valence electrons. The molecule has 0 saturated carbocycles. The third-order valence-electron chi connectivity index (χ3n) is 2.46. The zero-order valence-electron chi connectivity index (χ0n) is 11.5. The number of rotatable bonds is 6. The van der Waals surface area contributed by atoms with Gasteiger partial charge in [0.2, 0.25) is 15.9 Å². The molecule has 1 aromatic carbocycles. The van der Waals surface area contributed by atoms with Gasteiger partial charge in [0.25, 0.3) is 0 Å². The summed E-state index contributed by atoms with van der Waals surface area (Å²) in [4.78, 5) is 11.4. The smallest absolute Gasteiger partial charge is 0.240 e. The molecular formula is C12H20N4O3S. The van der Waals surface area contributed by atoms with Crippen LogP contribution < -0.4 is 21.5 Å². The molecular weight excluding hydrogens is 280 g/mol. The summed E-state index contributed by atoms with van der Waals surface area (Å²) < 4.78 is 22.9. The van der Waals surface area contributed by atoms with E-state index in [1.54, 1.807) is 0 Å². The van der Waals surface area contributed by atoms with Gasteiger partial charge in [-0.25, -0.2) is 13.6 Å². The van der Waals surface area contributed by atoms with E-state index in [0.29, 0.717) is 12.5 Å². The molecule has 6 N–H and O–H groups in total. The number of sulfonamides is 1. The molecule has 0 radical (unpaired) electrons. The number of primary sulfonamides is 1. The number of nitrogen functional groups attached to an aromatic ring is 1. The van der Waals surface area contributed by atoms with Crippen molar-refractivity contribution >= 4 is 27.3 Å².